The summed E-state index contributed by atoms with van der Waals surface area (Å²) in [6.45, 7) is 0. The number of benzene rings is 1. The van der Waals surface area contributed by atoms with Crippen molar-refractivity contribution in [1.82, 2.24) is 4.98 Å². The zero-order valence-electron chi connectivity index (χ0n) is 7.21. The van der Waals surface area contributed by atoms with Crippen LogP contribution in [0.3, 0.4) is 0 Å². The molecule has 1 heterocycles. The van der Waals surface area contributed by atoms with Crippen LogP contribution in [0.15, 0.2) is 34.9 Å². The Hall–Kier alpha value is -1.35. The Bertz CT molecular complexity index is 424. The number of alkyl halides is 1. The van der Waals surface area contributed by atoms with E-state index in [0.717, 1.165) is 5.56 Å². The van der Waals surface area contributed by atoms with Gasteiger partial charge in [-0.2, -0.15) is 0 Å². The number of rotatable bonds is 2. The number of hydrogen-bond acceptors (Lipinski definition) is 2. The Morgan fingerprint density at radius 1 is 1.29 bits per heavy atom. The molecule has 0 bridgehead atoms. The van der Waals surface area contributed by atoms with E-state index in [-0.39, 0.29) is 11.7 Å². The lowest BCUT2D eigenvalue weighted by atomic mass is 10.2. The van der Waals surface area contributed by atoms with Gasteiger partial charge in [-0.05, 0) is 24.3 Å². The van der Waals surface area contributed by atoms with Gasteiger partial charge in [-0.15, -0.1) is 11.6 Å². The Labute approximate surface area is 85.3 Å². The predicted octanol–water partition coefficient (Wildman–Crippen LogP) is 3.22. The lowest BCUT2D eigenvalue weighted by Gasteiger charge is -1.94. The molecule has 0 saturated carbocycles. The molecule has 0 unspecified atom stereocenters. The maximum absolute atomic E-state index is 12.6. The third kappa shape index (κ3) is 1.77. The fourth-order valence-electron chi connectivity index (χ4n) is 1.12. The van der Waals surface area contributed by atoms with Crippen molar-refractivity contribution in [3.63, 3.8) is 0 Å². The largest absolute Gasteiger partial charge is 0.439 e. The average Bonchev–Trinajstić information content (AvgIpc) is 2.67. The highest BCUT2D eigenvalue weighted by Crippen LogP contribution is 2.20. The third-order valence-electron chi connectivity index (χ3n) is 1.80. The van der Waals surface area contributed by atoms with Crippen LogP contribution in [-0.4, -0.2) is 4.98 Å². The molecular weight excluding hydrogens is 205 g/mol. The van der Waals surface area contributed by atoms with Crippen molar-refractivity contribution in [3.8, 4) is 11.3 Å². The molecule has 0 spiro atoms. The summed E-state index contributed by atoms with van der Waals surface area (Å²) in [6, 6.07) is 6.01. The molecule has 0 fully saturated rings. The van der Waals surface area contributed by atoms with Gasteiger partial charge in [0, 0.05) is 5.56 Å². The van der Waals surface area contributed by atoms with E-state index < -0.39 is 0 Å². The van der Waals surface area contributed by atoms with Crippen LogP contribution in [0.25, 0.3) is 11.3 Å². The van der Waals surface area contributed by atoms with Crippen molar-refractivity contribution in [1.29, 1.82) is 0 Å². The maximum atomic E-state index is 12.6. The second-order valence-corrected chi connectivity index (χ2v) is 3.03. The number of nitrogens with zero attached hydrogens (tertiary/aromatic N) is 1. The van der Waals surface area contributed by atoms with E-state index >= 15 is 0 Å². The van der Waals surface area contributed by atoms with Crippen LogP contribution in [0.4, 0.5) is 4.39 Å². The summed E-state index contributed by atoms with van der Waals surface area (Å²) < 4.78 is 17.9. The minimum Gasteiger partial charge on any atom is -0.439 e. The lowest BCUT2D eigenvalue weighted by Crippen LogP contribution is -1.75. The molecule has 2 aromatic rings. The molecule has 2 nitrogen and oxygen atoms in total. The zero-order valence-corrected chi connectivity index (χ0v) is 7.96. The summed E-state index contributed by atoms with van der Waals surface area (Å²) in [5.41, 5.74) is 0.787. The van der Waals surface area contributed by atoms with Gasteiger partial charge in [0.2, 0.25) is 5.89 Å². The molecule has 2 rings (SSSR count). The van der Waals surface area contributed by atoms with Gasteiger partial charge in [-0.3, -0.25) is 0 Å². The molecule has 72 valence electrons. The van der Waals surface area contributed by atoms with Crippen molar-refractivity contribution < 1.29 is 8.81 Å². The van der Waals surface area contributed by atoms with Crippen molar-refractivity contribution in [2.45, 2.75) is 5.88 Å². The van der Waals surface area contributed by atoms with Crippen molar-refractivity contribution in [3.05, 3.63) is 42.2 Å². The molecule has 0 radical (unpaired) electrons. The topological polar surface area (TPSA) is 26.0 Å². The van der Waals surface area contributed by atoms with E-state index in [0.29, 0.717) is 11.7 Å². The summed E-state index contributed by atoms with van der Waals surface area (Å²) in [6.07, 6.45) is 1.57. The Kier molecular flexibility index (Phi) is 2.50. The molecule has 0 saturated heterocycles. The first-order chi connectivity index (χ1) is 6.79. The number of hydrogen-bond donors (Lipinski definition) is 0. The van der Waals surface area contributed by atoms with Gasteiger partial charge in [0.25, 0.3) is 0 Å². The smallest absolute Gasteiger partial charge is 0.209 e. The quantitative estimate of drug-likeness (QED) is 0.713. The Morgan fingerprint density at radius 2 is 2.00 bits per heavy atom. The SMILES string of the molecule is Fc1ccc(-c2cnc(CCl)o2)cc1. The predicted molar refractivity (Wildman–Crippen MR) is 51.5 cm³/mol. The summed E-state index contributed by atoms with van der Waals surface area (Å²) in [7, 11) is 0. The van der Waals surface area contributed by atoms with Gasteiger partial charge in [0.05, 0.1) is 12.1 Å². The van der Waals surface area contributed by atoms with E-state index in [2.05, 4.69) is 4.98 Å². The highest BCUT2D eigenvalue weighted by atomic mass is 35.5. The third-order valence-corrected chi connectivity index (χ3v) is 2.03. The van der Waals surface area contributed by atoms with Crippen LogP contribution in [0, 0.1) is 5.82 Å². The van der Waals surface area contributed by atoms with Gasteiger partial charge >= 0.3 is 0 Å². The number of aromatic nitrogens is 1. The van der Waals surface area contributed by atoms with Crippen LogP contribution < -0.4 is 0 Å². The maximum Gasteiger partial charge on any atom is 0.209 e. The van der Waals surface area contributed by atoms with E-state index in [1.165, 1.54) is 12.1 Å². The second-order valence-electron chi connectivity index (χ2n) is 2.76. The van der Waals surface area contributed by atoms with Crippen molar-refractivity contribution >= 4 is 11.6 Å². The molecule has 0 amide bonds. The fourth-order valence-corrected chi connectivity index (χ4v) is 1.24. The van der Waals surface area contributed by atoms with Crippen LogP contribution in [0.2, 0.25) is 0 Å². The van der Waals surface area contributed by atoms with E-state index in [1.807, 2.05) is 0 Å². The molecule has 14 heavy (non-hydrogen) atoms. The molecule has 0 atom stereocenters. The molecule has 1 aromatic heterocycles. The standard InChI is InChI=1S/C10H7ClFNO/c11-5-10-13-6-9(14-10)7-1-3-8(12)4-2-7/h1-4,6H,5H2. The van der Waals surface area contributed by atoms with Gasteiger partial charge in [0.15, 0.2) is 5.76 Å². The van der Waals surface area contributed by atoms with E-state index in [1.54, 1.807) is 18.3 Å². The molecule has 0 aliphatic carbocycles. The number of halogens is 2. The summed E-state index contributed by atoms with van der Waals surface area (Å²) in [5.74, 6) is 1.03. The molecular formula is C10H7ClFNO. The van der Waals surface area contributed by atoms with E-state index in [4.69, 9.17) is 16.0 Å². The highest BCUT2D eigenvalue weighted by Gasteiger charge is 2.04. The Balaban J connectivity index is 2.34. The molecule has 1 aromatic carbocycles. The lowest BCUT2D eigenvalue weighted by molar-refractivity contribution is 0.528. The summed E-state index contributed by atoms with van der Waals surface area (Å²) in [4.78, 5) is 3.94. The van der Waals surface area contributed by atoms with E-state index in [9.17, 15) is 4.39 Å². The monoisotopic (exact) mass is 211 g/mol. The van der Waals surface area contributed by atoms with Crippen molar-refractivity contribution in [2.75, 3.05) is 0 Å². The molecule has 4 heteroatoms. The van der Waals surface area contributed by atoms with Crippen molar-refractivity contribution in [2.24, 2.45) is 0 Å². The Morgan fingerprint density at radius 3 is 2.57 bits per heavy atom. The van der Waals surface area contributed by atoms with Gasteiger partial charge in [-0.1, -0.05) is 0 Å². The first-order valence-corrected chi connectivity index (χ1v) is 4.59. The summed E-state index contributed by atoms with van der Waals surface area (Å²) >= 11 is 5.54. The minimum atomic E-state index is -0.272. The fraction of sp³-hybridized carbons (Fsp3) is 0.100. The highest BCUT2D eigenvalue weighted by molar-refractivity contribution is 6.16. The first-order valence-electron chi connectivity index (χ1n) is 4.06. The van der Waals surface area contributed by atoms with Gasteiger partial charge in [0.1, 0.15) is 5.82 Å². The summed E-state index contributed by atoms with van der Waals surface area (Å²) in [5, 5.41) is 0. The van der Waals surface area contributed by atoms with Crippen LogP contribution in [0.5, 0.6) is 0 Å². The minimum absolute atomic E-state index is 0.237. The van der Waals surface area contributed by atoms with Gasteiger partial charge in [-0.25, -0.2) is 9.37 Å². The molecule has 0 aliphatic heterocycles. The zero-order chi connectivity index (χ0) is 9.97. The van der Waals surface area contributed by atoms with Crippen LogP contribution in [0.1, 0.15) is 5.89 Å². The normalized spacial score (nSPS) is 10.4. The van der Waals surface area contributed by atoms with Crippen LogP contribution in [-0.2, 0) is 5.88 Å². The first kappa shape index (κ1) is 9.21. The van der Waals surface area contributed by atoms with Crippen LogP contribution >= 0.6 is 11.6 Å². The number of oxazole rings is 1. The molecule has 0 N–H and O–H groups in total. The van der Waals surface area contributed by atoms with Gasteiger partial charge < -0.3 is 4.42 Å². The average molecular weight is 212 g/mol. The second kappa shape index (κ2) is 3.80. The molecule has 0 aliphatic rings.